The minimum Gasteiger partial charge on any atom is -0.493 e. The van der Waals surface area contributed by atoms with Gasteiger partial charge in [-0.05, 0) is 24.5 Å². The molecule has 0 saturated heterocycles. The number of hydrogen-bond acceptors (Lipinski definition) is 3. The van der Waals surface area contributed by atoms with Gasteiger partial charge in [0.25, 0.3) is 0 Å². The Labute approximate surface area is 113 Å². The fourth-order valence-corrected chi connectivity index (χ4v) is 3.08. The highest BCUT2D eigenvalue weighted by atomic mass is 16.5. The molecule has 0 aromatic carbocycles. The van der Waals surface area contributed by atoms with Crippen LogP contribution >= 0.6 is 0 Å². The summed E-state index contributed by atoms with van der Waals surface area (Å²) in [5.41, 5.74) is 8.08. The Morgan fingerprint density at radius 2 is 2.16 bits per heavy atom. The second kappa shape index (κ2) is 5.11. The average Bonchev–Trinajstić information content (AvgIpc) is 2.77. The second-order valence-corrected chi connectivity index (χ2v) is 5.42. The third kappa shape index (κ3) is 2.27. The molecule has 1 saturated carbocycles. The summed E-state index contributed by atoms with van der Waals surface area (Å²) >= 11 is 0. The van der Waals surface area contributed by atoms with E-state index in [0.29, 0.717) is 0 Å². The zero-order valence-corrected chi connectivity index (χ0v) is 11.4. The van der Waals surface area contributed by atoms with Gasteiger partial charge in [0.15, 0.2) is 11.4 Å². The minimum absolute atomic E-state index is 0.743. The van der Waals surface area contributed by atoms with Crippen molar-refractivity contribution in [1.29, 1.82) is 0 Å². The summed E-state index contributed by atoms with van der Waals surface area (Å²) in [4.78, 5) is 4.69. The fraction of sp³-hybridized carbons (Fsp3) is 0.533. The Balaban J connectivity index is 1.93. The van der Waals surface area contributed by atoms with Crippen LogP contribution in [0.5, 0.6) is 5.75 Å². The molecular formula is C15H21N3O. The van der Waals surface area contributed by atoms with Crippen molar-refractivity contribution in [3.63, 3.8) is 0 Å². The van der Waals surface area contributed by atoms with Crippen LogP contribution in [0.4, 0.5) is 5.82 Å². The molecule has 0 spiro atoms. The molecule has 2 aromatic rings. The maximum absolute atomic E-state index is 6.22. The van der Waals surface area contributed by atoms with E-state index in [9.17, 15) is 0 Å². The summed E-state index contributed by atoms with van der Waals surface area (Å²) in [6.45, 7) is 0. The van der Waals surface area contributed by atoms with Crippen molar-refractivity contribution in [2.75, 3.05) is 12.8 Å². The van der Waals surface area contributed by atoms with E-state index in [-0.39, 0.29) is 0 Å². The molecule has 0 bridgehead atoms. The number of nitrogen functional groups attached to an aromatic ring is 1. The Kier molecular flexibility index (Phi) is 3.32. The van der Waals surface area contributed by atoms with Crippen molar-refractivity contribution >= 4 is 11.5 Å². The van der Waals surface area contributed by atoms with E-state index >= 15 is 0 Å². The number of rotatable bonds is 3. The zero-order chi connectivity index (χ0) is 13.2. The standard InChI is InChI=1S/C15H21N3O/c1-19-13-8-5-9-18-14(16)12(17-15(13)18)10-11-6-3-2-4-7-11/h5,8-9,11H,2-4,6-7,10,16H2,1H3. The van der Waals surface area contributed by atoms with Gasteiger partial charge in [0.05, 0.1) is 12.8 Å². The SMILES string of the molecule is COc1cccn2c(N)c(CC3CCCCC3)nc12. The molecule has 2 aromatic heterocycles. The molecule has 0 aliphatic heterocycles. The highest BCUT2D eigenvalue weighted by molar-refractivity contribution is 5.61. The van der Waals surface area contributed by atoms with Crippen molar-refractivity contribution in [3.8, 4) is 5.75 Å². The van der Waals surface area contributed by atoms with Gasteiger partial charge in [-0.25, -0.2) is 4.98 Å². The summed E-state index contributed by atoms with van der Waals surface area (Å²) < 4.78 is 7.27. The lowest BCUT2D eigenvalue weighted by molar-refractivity contribution is 0.355. The topological polar surface area (TPSA) is 52.5 Å². The van der Waals surface area contributed by atoms with Crippen LogP contribution in [0.1, 0.15) is 37.8 Å². The minimum atomic E-state index is 0.743. The molecule has 0 amide bonds. The quantitative estimate of drug-likeness (QED) is 0.921. The highest BCUT2D eigenvalue weighted by Crippen LogP contribution is 2.30. The van der Waals surface area contributed by atoms with E-state index < -0.39 is 0 Å². The predicted molar refractivity (Wildman–Crippen MR) is 76.4 cm³/mol. The summed E-state index contributed by atoms with van der Waals surface area (Å²) in [6, 6.07) is 3.86. The molecule has 4 nitrogen and oxygen atoms in total. The number of fused-ring (bicyclic) bond motifs is 1. The number of anilines is 1. The number of nitrogens with two attached hydrogens (primary N) is 1. The van der Waals surface area contributed by atoms with Crippen LogP contribution in [0.15, 0.2) is 18.3 Å². The van der Waals surface area contributed by atoms with Gasteiger partial charge in [-0.15, -0.1) is 0 Å². The van der Waals surface area contributed by atoms with Gasteiger partial charge < -0.3 is 10.5 Å². The molecule has 102 valence electrons. The summed E-state index contributed by atoms with van der Waals surface area (Å²) in [5, 5.41) is 0. The van der Waals surface area contributed by atoms with Crippen LogP contribution in [0.25, 0.3) is 5.65 Å². The number of aromatic nitrogens is 2. The zero-order valence-electron chi connectivity index (χ0n) is 11.4. The molecule has 19 heavy (non-hydrogen) atoms. The van der Waals surface area contributed by atoms with Gasteiger partial charge in [-0.2, -0.15) is 0 Å². The van der Waals surface area contributed by atoms with Crippen molar-refractivity contribution in [3.05, 3.63) is 24.0 Å². The van der Waals surface area contributed by atoms with Gasteiger partial charge in [-0.3, -0.25) is 4.40 Å². The van der Waals surface area contributed by atoms with Gasteiger partial charge in [-0.1, -0.05) is 32.1 Å². The van der Waals surface area contributed by atoms with Crippen LogP contribution in [-0.4, -0.2) is 16.5 Å². The fourth-order valence-electron chi connectivity index (χ4n) is 3.08. The summed E-state index contributed by atoms with van der Waals surface area (Å²) in [5.74, 6) is 2.29. The first-order valence-corrected chi connectivity index (χ1v) is 7.09. The molecule has 4 heteroatoms. The number of ether oxygens (including phenoxy) is 1. The maximum Gasteiger partial charge on any atom is 0.181 e. The van der Waals surface area contributed by atoms with Gasteiger partial charge in [0.2, 0.25) is 0 Å². The number of methoxy groups -OCH3 is 1. The highest BCUT2D eigenvalue weighted by Gasteiger charge is 2.19. The number of hydrogen-bond donors (Lipinski definition) is 1. The molecule has 0 atom stereocenters. The molecule has 0 unspecified atom stereocenters. The largest absolute Gasteiger partial charge is 0.493 e. The Bertz CT molecular complexity index is 570. The van der Waals surface area contributed by atoms with Gasteiger partial charge in [0, 0.05) is 6.20 Å². The molecule has 2 heterocycles. The second-order valence-electron chi connectivity index (χ2n) is 5.42. The van der Waals surface area contributed by atoms with Crippen molar-refractivity contribution in [1.82, 2.24) is 9.38 Å². The number of nitrogens with zero attached hydrogens (tertiary/aromatic N) is 2. The Morgan fingerprint density at radius 3 is 2.89 bits per heavy atom. The summed E-state index contributed by atoms with van der Waals surface area (Å²) in [7, 11) is 1.67. The molecule has 1 fully saturated rings. The first-order chi connectivity index (χ1) is 9.29. The molecule has 3 rings (SSSR count). The van der Waals surface area contributed by atoms with Crippen LogP contribution < -0.4 is 10.5 Å². The van der Waals surface area contributed by atoms with Crippen LogP contribution in [0, 0.1) is 5.92 Å². The van der Waals surface area contributed by atoms with Crippen LogP contribution in [-0.2, 0) is 6.42 Å². The van der Waals surface area contributed by atoms with E-state index in [1.807, 2.05) is 22.7 Å². The third-order valence-electron chi connectivity index (χ3n) is 4.15. The van der Waals surface area contributed by atoms with Gasteiger partial charge >= 0.3 is 0 Å². The maximum atomic E-state index is 6.22. The van der Waals surface area contributed by atoms with Gasteiger partial charge in [0.1, 0.15) is 5.82 Å². The lowest BCUT2D eigenvalue weighted by atomic mass is 9.86. The number of imidazole rings is 1. The first-order valence-electron chi connectivity index (χ1n) is 7.09. The molecule has 1 aliphatic rings. The normalized spacial score (nSPS) is 16.9. The van der Waals surface area contributed by atoms with E-state index in [1.165, 1.54) is 32.1 Å². The summed E-state index contributed by atoms with van der Waals surface area (Å²) in [6.07, 6.45) is 9.64. The predicted octanol–water partition coefficient (Wildman–Crippen LogP) is 3.05. The monoisotopic (exact) mass is 259 g/mol. The van der Waals surface area contributed by atoms with E-state index in [4.69, 9.17) is 15.5 Å². The molecular weight excluding hydrogens is 238 g/mol. The lowest BCUT2D eigenvalue weighted by Gasteiger charge is -2.20. The lowest BCUT2D eigenvalue weighted by Crippen LogP contribution is -2.10. The Hall–Kier alpha value is -1.71. The van der Waals surface area contributed by atoms with Crippen molar-refractivity contribution < 1.29 is 4.74 Å². The average molecular weight is 259 g/mol. The van der Waals surface area contributed by atoms with Crippen LogP contribution in [0.3, 0.4) is 0 Å². The molecule has 1 aliphatic carbocycles. The smallest absolute Gasteiger partial charge is 0.181 e. The van der Waals surface area contributed by atoms with Crippen molar-refractivity contribution in [2.24, 2.45) is 5.92 Å². The molecule has 0 radical (unpaired) electrons. The van der Waals surface area contributed by atoms with E-state index in [1.54, 1.807) is 7.11 Å². The molecule has 2 N–H and O–H groups in total. The van der Waals surface area contributed by atoms with Crippen molar-refractivity contribution in [2.45, 2.75) is 38.5 Å². The first kappa shape index (κ1) is 12.3. The van der Waals surface area contributed by atoms with E-state index in [0.717, 1.165) is 35.2 Å². The third-order valence-corrected chi connectivity index (χ3v) is 4.15. The Morgan fingerprint density at radius 1 is 1.37 bits per heavy atom. The van der Waals surface area contributed by atoms with E-state index in [2.05, 4.69) is 0 Å². The van der Waals surface area contributed by atoms with Crippen LogP contribution in [0.2, 0.25) is 0 Å². The number of pyridine rings is 1.